The topological polar surface area (TPSA) is 51.4 Å². The Labute approximate surface area is 142 Å². The molecule has 0 unspecified atom stereocenters. The van der Waals surface area contributed by atoms with Crippen molar-refractivity contribution in [2.45, 2.75) is 32.4 Å². The van der Waals surface area contributed by atoms with Gasteiger partial charge in [-0.2, -0.15) is 0 Å². The first-order valence-corrected chi connectivity index (χ1v) is 12.0. The minimum Gasteiger partial charge on any atom is -0.367 e. The molecule has 1 aliphatic rings. The summed E-state index contributed by atoms with van der Waals surface area (Å²) >= 11 is 6.32. The molecule has 3 heterocycles. The molecule has 23 heavy (non-hydrogen) atoms. The van der Waals surface area contributed by atoms with Crippen LogP contribution in [0.5, 0.6) is 0 Å². The zero-order chi connectivity index (χ0) is 16.4. The first-order valence-electron chi connectivity index (χ1n) is 7.96. The van der Waals surface area contributed by atoms with Crippen molar-refractivity contribution in [3.05, 3.63) is 29.0 Å². The molecule has 0 amide bonds. The Morgan fingerprint density at radius 1 is 1.39 bits per heavy atom. The van der Waals surface area contributed by atoms with Gasteiger partial charge in [0.25, 0.3) is 0 Å². The molecule has 0 bridgehead atoms. The maximum absolute atomic E-state index is 6.32. The average molecular weight is 351 g/mol. The lowest BCUT2D eigenvalue weighted by atomic mass is 10.3. The number of amidine groups is 1. The van der Waals surface area contributed by atoms with E-state index in [9.17, 15) is 0 Å². The lowest BCUT2D eigenvalue weighted by molar-refractivity contribution is 0.0895. The SMILES string of the molecule is C[Si](C)(C)CCOCn1c(C2=NCCN2)cc2c(Cl)ccnc21. The van der Waals surface area contributed by atoms with Gasteiger partial charge in [-0.3, -0.25) is 9.56 Å². The van der Waals surface area contributed by atoms with Crippen LogP contribution in [0.1, 0.15) is 5.69 Å². The van der Waals surface area contributed by atoms with Gasteiger partial charge in [0.15, 0.2) is 0 Å². The molecule has 0 aliphatic carbocycles. The zero-order valence-corrected chi connectivity index (χ0v) is 15.7. The fourth-order valence-electron chi connectivity index (χ4n) is 2.55. The Balaban J connectivity index is 1.87. The number of halogens is 1. The van der Waals surface area contributed by atoms with Crippen LogP contribution in [0.15, 0.2) is 23.3 Å². The molecule has 3 rings (SSSR count). The number of rotatable bonds is 6. The molecule has 0 radical (unpaired) electrons. The van der Waals surface area contributed by atoms with Crippen molar-refractivity contribution in [1.29, 1.82) is 0 Å². The van der Waals surface area contributed by atoms with E-state index >= 15 is 0 Å². The Morgan fingerprint density at radius 2 is 2.22 bits per heavy atom. The third-order valence-electron chi connectivity index (χ3n) is 3.88. The number of fused-ring (bicyclic) bond motifs is 1. The summed E-state index contributed by atoms with van der Waals surface area (Å²) in [6.45, 7) is 9.97. The molecule has 0 spiro atoms. The first-order chi connectivity index (χ1) is 11.0. The summed E-state index contributed by atoms with van der Waals surface area (Å²) in [7, 11) is -1.09. The van der Waals surface area contributed by atoms with Gasteiger partial charge >= 0.3 is 0 Å². The van der Waals surface area contributed by atoms with E-state index in [2.05, 4.69) is 39.5 Å². The van der Waals surface area contributed by atoms with Crippen molar-refractivity contribution < 1.29 is 4.74 Å². The van der Waals surface area contributed by atoms with Gasteiger partial charge < -0.3 is 10.1 Å². The molecule has 0 saturated carbocycles. The van der Waals surface area contributed by atoms with Crippen LogP contribution in [0.2, 0.25) is 30.7 Å². The number of pyridine rings is 1. The summed E-state index contributed by atoms with van der Waals surface area (Å²) in [4.78, 5) is 9.01. The minimum atomic E-state index is -1.09. The molecular weight excluding hydrogens is 328 g/mol. The summed E-state index contributed by atoms with van der Waals surface area (Å²) in [6, 6.07) is 5.01. The van der Waals surface area contributed by atoms with Crippen molar-refractivity contribution in [2.24, 2.45) is 4.99 Å². The van der Waals surface area contributed by atoms with Crippen molar-refractivity contribution >= 4 is 36.5 Å². The second-order valence-corrected chi connectivity index (χ2v) is 13.0. The fourth-order valence-corrected chi connectivity index (χ4v) is 3.50. The lowest BCUT2D eigenvalue weighted by Crippen LogP contribution is -2.24. The van der Waals surface area contributed by atoms with Crippen LogP contribution in [0, 0.1) is 0 Å². The van der Waals surface area contributed by atoms with E-state index < -0.39 is 8.07 Å². The number of ether oxygens (including phenoxy) is 1. The zero-order valence-electron chi connectivity index (χ0n) is 13.9. The number of aliphatic imine (C=N–C) groups is 1. The number of hydrogen-bond acceptors (Lipinski definition) is 4. The molecule has 124 valence electrons. The molecule has 2 aromatic rings. The van der Waals surface area contributed by atoms with E-state index in [1.165, 1.54) is 0 Å². The van der Waals surface area contributed by atoms with E-state index in [-0.39, 0.29) is 0 Å². The maximum atomic E-state index is 6.32. The third-order valence-corrected chi connectivity index (χ3v) is 5.91. The van der Waals surface area contributed by atoms with E-state index in [4.69, 9.17) is 16.3 Å². The normalized spacial score (nSPS) is 15.0. The van der Waals surface area contributed by atoms with Crippen LogP contribution in [0.4, 0.5) is 0 Å². The molecule has 7 heteroatoms. The van der Waals surface area contributed by atoms with Crippen molar-refractivity contribution in [1.82, 2.24) is 14.9 Å². The van der Waals surface area contributed by atoms with E-state index in [0.29, 0.717) is 11.8 Å². The smallest absolute Gasteiger partial charge is 0.145 e. The average Bonchev–Trinajstić information content (AvgIpc) is 3.11. The first kappa shape index (κ1) is 16.5. The predicted molar refractivity (Wildman–Crippen MR) is 98.3 cm³/mol. The minimum absolute atomic E-state index is 0.470. The van der Waals surface area contributed by atoms with Crippen molar-refractivity contribution in [3.63, 3.8) is 0 Å². The lowest BCUT2D eigenvalue weighted by Gasteiger charge is -2.16. The van der Waals surface area contributed by atoms with Crippen LogP contribution in [-0.4, -0.2) is 43.2 Å². The molecule has 1 aliphatic heterocycles. The van der Waals surface area contributed by atoms with Gasteiger partial charge in [0.05, 0.1) is 17.3 Å². The molecule has 5 nitrogen and oxygen atoms in total. The highest BCUT2D eigenvalue weighted by Crippen LogP contribution is 2.26. The quantitative estimate of drug-likeness (QED) is 0.642. The molecule has 0 atom stereocenters. The Morgan fingerprint density at radius 3 is 2.91 bits per heavy atom. The Bertz CT molecular complexity index is 735. The van der Waals surface area contributed by atoms with Crippen LogP contribution in [-0.2, 0) is 11.5 Å². The molecule has 0 saturated heterocycles. The second-order valence-electron chi connectivity index (χ2n) is 6.99. The number of nitrogens with zero attached hydrogens (tertiary/aromatic N) is 3. The van der Waals surface area contributed by atoms with Crippen molar-refractivity contribution in [2.75, 3.05) is 19.7 Å². The summed E-state index contributed by atoms with van der Waals surface area (Å²) in [5.41, 5.74) is 1.84. The largest absolute Gasteiger partial charge is 0.367 e. The van der Waals surface area contributed by atoms with E-state index in [1.54, 1.807) is 6.20 Å². The van der Waals surface area contributed by atoms with Crippen molar-refractivity contribution in [3.8, 4) is 0 Å². The summed E-state index contributed by atoms with van der Waals surface area (Å²) < 4.78 is 7.99. The van der Waals surface area contributed by atoms with Crippen LogP contribution >= 0.6 is 11.6 Å². The van der Waals surface area contributed by atoms with E-state index in [1.807, 2.05) is 12.1 Å². The highest BCUT2D eigenvalue weighted by molar-refractivity contribution is 6.76. The Hall–Kier alpha value is -1.37. The van der Waals surface area contributed by atoms with Gasteiger partial charge in [-0.1, -0.05) is 31.2 Å². The number of aromatic nitrogens is 2. The van der Waals surface area contributed by atoms with E-state index in [0.717, 1.165) is 48.3 Å². The molecule has 1 N–H and O–H groups in total. The fraction of sp³-hybridized carbons (Fsp3) is 0.500. The van der Waals surface area contributed by atoms with Crippen LogP contribution < -0.4 is 5.32 Å². The molecule has 0 fully saturated rings. The molecule has 0 aromatic carbocycles. The van der Waals surface area contributed by atoms with Gasteiger partial charge in [0.2, 0.25) is 0 Å². The summed E-state index contributed by atoms with van der Waals surface area (Å²) in [6.07, 6.45) is 1.73. The standard InChI is InChI=1S/C16H23ClN4OSi/c1-23(2,3)9-8-22-11-21-14(15-18-6-7-19-15)10-12-13(17)4-5-20-16(12)21/h4-5,10H,6-9,11H2,1-3H3,(H,18,19). The highest BCUT2D eigenvalue weighted by atomic mass is 35.5. The molecule has 2 aromatic heterocycles. The van der Waals surface area contributed by atoms with Crippen LogP contribution in [0.3, 0.4) is 0 Å². The monoisotopic (exact) mass is 350 g/mol. The predicted octanol–water partition coefficient (Wildman–Crippen LogP) is 3.35. The van der Waals surface area contributed by atoms with Gasteiger partial charge in [-0.25, -0.2) is 4.98 Å². The Kier molecular flexibility index (Phi) is 4.75. The third kappa shape index (κ3) is 3.76. The molecular formula is C16H23ClN4OSi. The summed E-state index contributed by atoms with van der Waals surface area (Å²) in [5.74, 6) is 0.896. The van der Waals surface area contributed by atoms with Gasteiger partial charge in [-0.05, 0) is 18.2 Å². The number of hydrogen-bond donors (Lipinski definition) is 1. The van der Waals surface area contributed by atoms with Gasteiger partial charge in [0, 0.05) is 32.8 Å². The summed E-state index contributed by atoms with van der Waals surface area (Å²) in [5, 5.41) is 4.96. The maximum Gasteiger partial charge on any atom is 0.145 e. The van der Waals surface area contributed by atoms with Gasteiger partial charge in [-0.15, -0.1) is 0 Å². The highest BCUT2D eigenvalue weighted by Gasteiger charge is 2.19. The van der Waals surface area contributed by atoms with Gasteiger partial charge in [0.1, 0.15) is 18.2 Å². The number of nitrogens with one attached hydrogen (secondary N) is 1. The second kappa shape index (κ2) is 6.63. The van der Waals surface area contributed by atoms with Crippen LogP contribution in [0.25, 0.3) is 11.0 Å².